The summed E-state index contributed by atoms with van der Waals surface area (Å²) < 4.78 is 22.9. The van der Waals surface area contributed by atoms with Crippen molar-refractivity contribution >= 4 is 15.7 Å². The van der Waals surface area contributed by atoms with Gasteiger partial charge in [-0.3, -0.25) is 4.79 Å². The van der Waals surface area contributed by atoms with Gasteiger partial charge < -0.3 is 15.1 Å². The van der Waals surface area contributed by atoms with Crippen molar-refractivity contribution in [2.75, 3.05) is 18.1 Å². The largest absolute Gasteiger partial charge is 0.508 e. The zero-order valence-corrected chi connectivity index (χ0v) is 11.2. The molecule has 104 valence electrons. The highest BCUT2D eigenvalue weighted by Crippen LogP contribution is 2.25. The van der Waals surface area contributed by atoms with Crippen molar-refractivity contribution in [1.29, 1.82) is 0 Å². The quantitative estimate of drug-likeness (QED) is 0.776. The average molecular weight is 285 g/mol. The normalized spacial score (nSPS) is 22.2. The Morgan fingerprint density at radius 1 is 1.37 bits per heavy atom. The number of benzene rings is 1. The van der Waals surface area contributed by atoms with Gasteiger partial charge in [-0.1, -0.05) is 0 Å². The molecule has 1 fully saturated rings. The highest BCUT2D eigenvalue weighted by molar-refractivity contribution is 7.91. The van der Waals surface area contributed by atoms with E-state index in [0.717, 1.165) is 6.07 Å². The Morgan fingerprint density at radius 2 is 2.05 bits per heavy atom. The van der Waals surface area contributed by atoms with Crippen LogP contribution in [0.25, 0.3) is 0 Å². The van der Waals surface area contributed by atoms with Crippen molar-refractivity contribution in [2.24, 2.45) is 0 Å². The summed E-state index contributed by atoms with van der Waals surface area (Å²) in [5, 5.41) is 18.8. The third-order valence-corrected chi connectivity index (χ3v) is 4.94. The summed E-state index contributed by atoms with van der Waals surface area (Å²) in [4.78, 5) is 13.7. The van der Waals surface area contributed by atoms with E-state index in [0.29, 0.717) is 0 Å². The Hall–Kier alpha value is -1.76. The molecule has 19 heavy (non-hydrogen) atoms. The van der Waals surface area contributed by atoms with Crippen LogP contribution in [0.15, 0.2) is 18.2 Å². The van der Waals surface area contributed by atoms with Gasteiger partial charge >= 0.3 is 0 Å². The minimum absolute atomic E-state index is 0.0592. The van der Waals surface area contributed by atoms with E-state index in [-0.39, 0.29) is 35.1 Å². The lowest BCUT2D eigenvalue weighted by Crippen LogP contribution is -2.49. The summed E-state index contributed by atoms with van der Waals surface area (Å²) in [6.45, 7) is 1.77. The fraction of sp³-hybridized carbons (Fsp3) is 0.417. The molecule has 0 bridgehead atoms. The molecular weight excluding hydrogens is 270 g/mol. The minimum Gasteiger partial charge on any atom is -0.508 e. The van der Waals surface area contributed by atoms with Crippen molar-refractivity contribution in [2.45, 2.75) is 13.0 Å². The molecule has 0 spiro atoms. The second-order valence-electron chi connectivity index (χ2n) is 4.66. The first-order chi connectivity index (χ1) is 8.80. The summed E-state index contributed by atoms with van der Waals surface area (Å²) >= 11 is 0. The minimum atomic E-state index is -3.09. The molecule has 1 saturated heterocycles. The van der Waals surface area contributed by atoms with E-state index in [9.17, 15) is 23.4 Å². The maximum Gasteiger partial charge on any atom is 0.257 e. The summed E-state index contributed by atoms with van der Waals surface area (Å²) in [6, 6.07) is 3.28. The van der Waals surface area contributed by atoms with Gasteiger partial charge in [0.1, 0.15) is 11.5 Å². The average Bonchev–Trinajstić information content (AvgIpc) is 2.26. The van der Waals surface area contributed by atoms with Crippen molar-refractivity contribution in [3.05, 3.63) is 23.8 Å². The van der Waals surface area contributed by atoms with Crippen LogP contribution in [0.4, 0.5) is 0 Å². The van der Waals surface area contributed by atoms with Crippen LogP contribution in [0.1, 0.15) is 17.3 Å². The molecular formula is C12H15NO5S. The lowest BCUT2D eigenvalue weighted by molar-refractivity contribution is 0.0709. The summed E-state index contributed by atoms with van der Waals surface area (Å²) in [7, 11) is -3.09. The molecule has 1 amide bonds. The van der Waals surface area contributed by atoms with E-state index in [1.54, 1.807) is 6.92 Å². The second-order valence-corrected chi connectivity index (χ2v) is 6.89. The lowest BCUT2D eigenvalue weighted by atomic mass is 10.1. The highest BCUT2D eigenvalue weighted by atomic mass is 32.2. The van der Waals surface area contributed by atoms with E-state index in [4.69, 9.17) is 0 Å². The number of hydrogen-bond acceptors (Lipinski definition) is 5. The van der Waals surface area contributed by atoms with Gasteiger partial charge in [0, 0.05) is 18.7 Å². The van der Waals surface area contributed by atoms with E-state index in [1.807, 2.05) is 0 Å². The predicted octanol–water partition coefficient (Wildman–Crippen LogP) is 0.357. The van der Waals surface area contributed by atoms with E-state index in [2.05, 4.69) is 0 Å². The SMILES string of the molecule is CC1CS(=O)(=O)CCN1C(=O)c1ccc(O)cc1O. The third kappa shape index (κ3) is 2.81. The highest BCUT2D eigenvalue weighted by Gasteiger charge is 2.32. The zero-order valence-electron chi connectivity index (χ0n) is 10.4. The van der Waals surface area contributed by atoms with Crippen molar-refractivity contribution < 1.29 is 23.4 Å². The summed E-state index contributed by atoms with van der Waals surface area (Å²) in [5.74, 6) is -1.02. The smallest absolute Gasteiger partial charge is 0.257 e. The molecule has 1 aromatic carbocycles. The Balaban J connectivity index is 2.25. The number of sulfone groups is 1. The van der Waals surface area contributed by atoms with Crippen LogP contribution in [0, 0.1) is 0 Å². The first kappa shape index (κ1) is 13.7. The number of nitrogens with zero attached hydrogens (tertiary/aromatic N) is 1. The standard InChI is InChI=1S/C12H15NO5S/c1-8-7-19(17,18)5-4-13(8)12(16)10-3-2-9(14)6-11(10)15/h2-3,6,8,14-15H,4-5,7H2,1H3. The molecule has 6 nitrogen and oxygen atoms in total. The molecule has 1 atom stereocenters. The van der Waals surface area contributed by atoms with Crippen LogP contribution in [0.2, 0.25) is 0 Å². The van der Waals surface area contributed by atoms with Crippen molar-refractivity contribution in [1.82, 2.24) is 4.90 Å². The fourth-order valence-electron chi connectivity index (χ4n) is 2.16. The van der Waals surface area contributed by atoms with Crippen LogP contribution in [-0.4, -0.2) is 53.5 Å². The summed E-state index contributed by atoms with van der Waals surface area (Å²) in [6.07, 6.45) is 0. The van der Waals surface area contributed by atoms with Gasteiger partial charge in [0.2, 0.25) is 0 Å². The molecule has 1 aliphatic heterocycles. The molecule has 1 aliphatic rings. The number of hydrogen-bond donors (Lipinski definition) is 2. The zero-order chi connectivity index (χ0) is 14.2. The lowest BCUT2D eigenvalue weighted by Gasteiger charge is -2.33. The fourth-order valence-corrected chi connectivity index (χ4v) is 3.71. The summed E-state index contributed by atoms with van der Waals surface area (Å²) in [5.41, 5.74) is 0.0592. The molecule has 7 heteroatoms. The number of phenolic OH excluding ortho intramolecular Hbond substituents is 2. The predicted molar refractivity (Wildman–Crippen MR) is 68.9 cm³/mol. The van der Waals surface area contributed by atoms with Gasteiger partial charge in [-0.15, -0.1) is 0 Å². The van der Waals surface area contributed by atoms with Crippen molar-refractivity contribution in [3.8, 4) is 11.5 Å². The van der Waals surface area contributed by atoms with E-state index < -0.39 is 21.8 Å². The molecule has 1 heterocycles. The Kier molecular flexibility index (Phi) is 3.40. The molecule has 0 aliphatic carbocycles. The van der Waals surface area contributed by atoms with Gasteiger partial charge in [-0.05, 0) is 19.1 Å². The van der Waals surface area contributed by atoms with Crippen LogP contribution < -0.4 is 0 Å². The molecule has 1 unspecified atom stereocenters. The van der Waals surface area contributed by atoms with Crippen molar-refractivity contribution in [3.63, 3.8) is 0 Å². The first-order valence-electron chi connectivity index (χ1n) is 5.83. The second kappa shape index (κ2) is 4.73. The Morgan fingerprint density at radius 3 is 2.63 bits per heavy atom. The maximum absolute atomic E-state index is 12.2. The van der Waals surface area contributed by atoms with Crippen LogP contribution >= 0.6 is 0 Å². The Labute approximate surface area is 111 Å². The number of carbonyl (C=O) groups excluding carboxylic acids is 1. The number of carbonyl (C=O) groups is 1. The topological polar surface area (TPSA) is 94.9 Å². The number of phenols is 2. The Bertz CT molecular complexity index is 611. The molecule has 2 rings (SSSR count). The van der Waals surface area contributed by atoms with Gasteiger partial charge in [0.15, 0.2) is 9.84 Å². The molecule has 0 saturated carbocycles. The first-order valence-corrected chi connectivity index (χ1v) is 7.66. The van der Waals surface area contributed by atoms with E-state index in [1.165, 1.54) is 17.0 Å². The monoisotopic (exact) mass is 285 g/mol. The van der Waals surface area contributed by atoms with Crippen LogP contribution in [-0.2, 0) is 9.84 Å². The number of rotatable bonds is 1. The maximum atomic E-state index is 12.2. The number of amides is 1. The molecule has 2 N–H and O–H groups in total. The van der Waals surface area contributed by atoms with Gasteiger partial charge in [0.25, 0.3) is 5.91 Å². The van der Waals surface area contributed by atoms with Gasteiger partial charge in [-0.2, -0.15) is 0 Å². The number of aromatic hydroxyl groups is 2. The molecule has 0 radical (unpaired) electrons. The molecule has 0 aromatic heterocycles. The van der Waals surface area contributed by atoms with Crippen LogP contribution in [0.3, 0.4) is 0 Å². The van der Waals surface area contributed by atoms with E-state index >= 15 is 0 Å². The van der Waals surface area contributed by atoms with Gasteiger partial charge in [0.05, 0.1) is 17.1 Å². The van der Waals surface area contributed by atoms with Gasteiger partial charge in [-0.25, -0.2) is 8.42 Å². The van der Waals surface area contributed by atoms with Crippen LogP contribution in [0.5, 0.6) is 11.5 Å². The molecule has 1 aromatic rings. The third-order valence-electron chi connectivity index (χ3n) is 3.14.